The second kappa shape index (κ2) is 3.05. The van der Waals surface area contributed by atoms with Gasteiger partial charge in [0.25, 0.3) is 0 Å². The van der Waals surface area contributed by atoms with E-state index in [9.17, 15) is 4.79 Å². The summed E-state index contributed by atoms with van der Waals surface area (Å²) in [6.45, 7) is 1.22. The van der Waals surface area contributed by atoms with E-state index in [1.54, 1.807) is 12.3 Å². The van der Waals surface area contributed by atoms with Crippen molar-refractivity contribution in [3.05, 3.63) is 17.8 Å². The quantitative estimate of drug-likeness (QED) is 0.664. The highest BCUT2D eigenvalue weighted by Crippen LogP contribution is 2.28. The third kappa shape index (κ3) is 1.35. The van der Waals surface area contributed by atoms with Crippen molar-refractivity contribution in [3.63, 3.8) is 0 Å². The highest BCUT2D eigenvalue weighted by atomic mass is 16.3. The van der Waals surface area contributed by atoms with Gasteiger partial charge >= 0.3 is 0 Å². The summed E-state index contributed by atoms with van der Waals surface area (Å²) >= 11 is 0. The Morgan fingerprint density at radius 2 is 2.54 bits per heavy atom. The molecule has 0 bridgehead atoms. The van der Waals surface area contributed by atoms with Crippen LogP contribution in [0.5, 0.6) is 5.88 Å². The summed E-state index contributed by atoms with van der Waals surface area (Å²) in [6, 6.07) is 1.60. The number of aromatic hydroxyl groups is 1. The number of carbonyl (C=O) groups is 1. The number of hydrogen-bond acceptors (Lipinski definition) is 4. The van der Waals surface area contributed by atoms with Gasteiger partial charge in [-0.1, -0.05) is 0 Å². The van der Waals surface area contributed by atoms with E-state index in [0.29, 0.717) is 6.54 Å². The normalized spacial score (nSPS) is 14.3. The van der Waals surface area contributed by atoms with Crippen molar-refractivity contribution in [1.29, 1.82) is 0 Å². The van der Waals surface area contributed by atoms with E-state index >= 15 is 0 Å². The summed E-state index contributed by atoms with van der Waals surface area (Å²) in [6.07, 6.45) is 3.43. The third-order valence-electron chi connectivity index (χ3n) is 2.23. The van der Waals surface area contributed by atoms with E-state index in [0.717, 1.165) is 30.5 Å². The molecule has 1 N–H and O–H groups in total. The molecule has 4 heteroatoms. The molecule has 1 aliphatic heterocycles. The topological polar surface area (TPSA) is 53.4 Å². The smallest absolute Gasteiger partial charge is 0.212 e. The highest BCUT2D eigenvalue weighted by molar-refractivity contribution is 5.66. The van der Waals surface area contributed by atoms with Crippen LogP contribution in [0.2, 0.25) is 0 Å². The van der Waals surface area contributed by atoms with Crippen LogP contribution in [0.3, 0.4) is 0 Å². The molecule has 0 atom stereocenters. The Balaban J connectivity index is 2.34. The lowest BCUT2D eigenvalue weighted by atomic mass is 10.2. The van der Waals surface area contributed by atoms with Crippen LogP contribution in [0.4, 0.5) is 5.69 Å². The number of pyridine rings is 1. The Morgan fingerprint density at radius 1 is 1.69 bits per heavy atom. The molecule has 68 valence electrons. The molecule has 0 aromatic carbocycles. The lowest BCUT2D eigenvalue weighted by Gasteiger charge is -2.14. The van der Waals surface area contributed by atoms with Crippen molar-refractivity contribution in [2.75, 3.05) is 18.0 Å². The largest absolute Gasteiger partial charge is 0.493 e. The molecule has 0 spiro atoms. The molecule has 0 unspecified atom stereocenters. The standard InChI is InChI=1S/C9H10N2O2/c12-4-3-11-2-1-7-6-10-9(13)5-8(7)11/h4-6H,1-3H2,(H,10,13). The molecule has 1 aromatic heterocycles. The third-order valence-corrected chi connectivity index (χ3v) is 2.23. The minimum absolute atomic E-state index is 0.0107. The van der Waals surface area contributed by atoms with Crippen LogP contribution in [0, 0.1) is 0 Å². The van der Waals surface area contributed by atoms with Crippen LogP contribution >= 0.6 is 0 Å². The number of carbonyl (C=O) groups excluding carboxylic acids is 1. The fraction of sp³-hybridized carbons (Fsp3) is 0.333. The number of aldehydes is 1. The van der Waals surface area contributed by atoms with Gasteiger partial charge in [0.15, 0.2) is 0 Å². The van der Waals surface area contributed by atoms with E-state index in [1.807, 2.05) is 4.90 Å². The van der Waals surface area contributed by atoms with E-state index < -0.39 is 0 Å². The SMILES string of the molecule is O=CCN1CCc2cnc(O)cc21. The van der Waals surface area contributed by atoms with Crippen molar-refractivity contribution in [2.45, 2.75) is 6.42 Å². The molecule has 13 heavy (non-hydrogen) atoms. The molecule has 1 aromatic rings. The summed E-state index contributed by atoms with van der Waals surface area (Å²) in [4.78, 5) is 16.1. The number of nitrogens with zero attached hydrogens (tertiary/aromatic N) is 2. The summed E-state index contributed by atoms with van der Waals surface area (Å²) in [5.74, 6) is 0.0107. The molecule has 0 aliphatic carbocycles. The molecular formula is C9H10N2O2. The number of fused-ring (bicyclic) bond motifs is 1. The van der Waals surface area contributed by atoms with Crippen LogP contribution < -0.4 is 4.90 Å². The highest BCUT2D eigenvalue weighted by Gasteiger charge is 2.19. The maximum atomic E-state index is 10.3. The van der Waals surface area contributed by atoms with Gasteiger partial charge in [-0.2, -0.15) is 0 Å². The van der Waals surface area contributed by atoms with Gasteiger partial charge in [0, 0.05) is 24.5 Å². The molecule has 2 rings (SSSR count). The molecule has 4 nitrogen and oxygen atoms in total. The molecule has 0 fully saturated rings. The maximum Gasteiger partial charge on any atom is 0.212 e. The second-order valence-electron chi connectivity index (χ2n) is 3.03. The first-order chi connectivity index (χ1) is 6.31. The van der Waals surface area contributed by atoms with Gasteiger partial charge in [-0.3, -0.25) is 0 Å². The van der Waals surface area contributed by atoms with Gasteiger partial charge in [-0.05, 0) is 12.0 Å². The Labute approximate surface area is 75.8 Å². The monoisotopic (exact) mass is 178 g/mol. The van der Waals surface area contributed by atoms with E-state index in [1.165, 1.54) is 0 Å². The average Bonchev–Trinajstić information content (AvgIpc) is 2.49. The summed E-state index contributed by atoms with van der Waals surface area (Å²) < 4.78 is 0. The van der Waals surface area contributed by atoms with Crippen molar-refractivity contribution in [2.24, 2.45) is 0 Å². The van der Waals surface area contributed by atoms with Crippen molar-refractivity contribution < 1.29 is 9.90 Å². The Morgan fingerprint density at radius 3 is 3.31 bits per heavy atom. The molecule has 1 aliphatic rings. The van der Waals surface area contributed by atoms with Crippen molar-refractivity contribution in [3.8, 4) is 5.88 Å². The van der Waals surface area contributed by atoms with Gasteiger partial charge in [-0.25, -0.2) is 4.98 Å². The average molecular weight is 178 g/mol. The van der Waals surface area contributed by atoms with E-state index in [-0.39, 0.29) is 5.88 Å². The summed E-state index contributed by atoms with van der Waals surface area (Å²) in [5.41, 5.74) is 2.03. The predicted octanol–water partition coefficient (Wildman–Crippen LogP) is 0.349. The Hall–Kier alpha value is -1.58. The zero-order valence-corrected chi connectivity index (χ0v) is 7.10. The fourth-order valence-corrected chi connectivity index (χ4v) is 1.60. The van der Waals surface area contributed by atoms with Crippen LogP contribution in [-0.2, 0) is 11.2 Å². The second-order valence-corrected chi connectivity index (χ2v) is 3.03. The maximum absolute atomic E-state index is 10.3. The van der Waals surface area contributed by atoms with Gasteiger partial charge in [-0.15, -0.1) is 0 Å². The fourth-order valence-electron chi connectivity index (χ4n) is 1.60. The zero-order chi connectivity index (χ0) is 9.26. The van der Waals surface area contributed by atoms with Gasteiger partial charge < -0.3 is 14.8 Å². The number of aromatic nitrogens is 1. The van der Waals surface area contributed by atoms with Crippen LogP contribution in [0.1, 0.15) is 5.56 Å². The molecular weight excluding hydrogens is 168 g/mol. The lowest BCUT2D eigenvalue weighted by molar-refractivity contribution is -0.106. The van der Waals surface area contributed by atoms with Crippen molar-refractivity contribution >= 4 is 12.0 Å². The minimum Gasteiger partial charge on any atom is -0.493 e. The molecule has 2 heterocycles. The van der Waals surface area contributed by atoms with Crippen molar-refractivity contribution in [1.82, 2.24) is 4.98 Å². The zero-order valence-electron chi connectivity index (χ0n) is 7.10. The van der Waals surface area contributed by atoms with Crippen LogP contribution in [-0.4, -0.2) is 29.5 Å². The molecule has 0 saturated carbocycles. The van der Waals surface area contributed by atoms with Gasteiger partial charge in [0.05, 0.1) is 6.54 Å². The lowest BCUT2D eigenvalue weighted by Crippen LogP contribution is -2.22. The number of anilines is 1. The van der Waals surface area contributed by atoms with Crippen LogP contribution in [0.15, 0.2) is 12.3 Å². The Kier molecular flexibility index (Phi) is 1.88. The molecule has 0 amide bonds. The molecule has 0 radical (unpaired) electrons. The molecule has 0 saturated heterocycles. The first kappa shape index (κ1) is 8.04. The van der Waals surface area contributed by atoms with E-state index in [4.69, 9.17) is 5.11 Å². The Bertz CT molecular complexity index is 338. The first-order valence-electron chi connectivity index (χ1n) is 4.18. The van der Waals surface area contributed by atoms with Gasteiger partial charge in [0.1, 0.15) is 6.29 Å². The first-order valence-corrected chi connectivity index (χ1v) is 4.18. The number of rotatable bonds is 2. The van der Waals surface area contributed by atoms with Crippen LogP contribution in [0.25, 0.3) is 0 Å². The summed E-state index contributed by atoms with van der Waals surface area (Å²) in [5, 5.41) is 9.16. The van der Waals surface area contributed by atoms with E-state index in [2.05, 4.69) is 4.98 Å². The minimum atomic E-state index is 0.0107. The number of hydrogen-bond donors (Lipinski definition) is 1. The summed E-state index contributed by atoms with van der Waals surface area (Å²) in [7, 11) is 0. The predicted molar refractivity (Wildman–Crippen MR) is 47.9 cm³/mol. The van der Waals surface area contributed by atoms with Gasteiger partial charge in [0.2, 0.25) is 5.88 Å².